The Morgan fingerprint density at radius 3 is 3.00 bits per heavy atom. The number of hydrogen-bond donors (Lipinski definition) is 0. The van der Waals surface area contributed by atoms with Gasteiger partial charge in [-0.3, -0.25) is 0 Å². The van der Waals surface area contributed by atoms with E-state index in [9.17, 15) is 0 Å². The molecule has 0 saturated heterocycles. The second kappa shape index (κ2) is 3.03. The molecule has 13 heavy (non-hydrogen) atoms. The number of fused-ring (bicyclic) bond motifs is 1. The maximum absolute atomic E-state index is 4.17. The highest BCUT2D eigenvalue weighted by atomic mass is 32.1. The van der Waals surface area contributed by atoms with E-state index in [4.69, 9.17) is 0 Å². The Morgan fingerprint density at radius 2 is 2.31 bits per heavy atom. The average Bonchev–Trinajstić information content (AvgIpc) is 2.48. The van der Waals surface area contributed by atoms with E-state index >= 15 is 0 Å². The Bertz CT molecular complexity index is 447. The van der Waals surface area contributed by atoms with Crippen molar-refractivity contribution in [2.24, 2.45) is 7.05 Å². The third-order valence-corrected chi connectivity index (χ3v) is 3.34. The van der Waals surface area contributed by atoms with Gasteiger partial charge < -0.3 is 0 Å². The fourth-order valence-corrected chi connectivity index (χ4v) is 2.60. The Kier molecular flexibility index (Phi) is 2.00. The molecular weight excluding hydrogens is 182 g/mol. The molecule has 3 nitrogen and oxygen atoms in total. The molecule has 0 amide bonds. The Hall–Kier alpha value is -1.03. The van der Waals surface area contributed by atoms with Gasteiger partial charge in [0.2, 0.25) is 5.52 Å². The third kappa shape index (κ3) is 1.21. The molecule has 0 aliphatic heterocycles. The van der Waals surface area contributed by atoms with Crippen molar-refractivity contribution in [2.75, 3.05) is 0 Å². The summed E-state index contributed by atoms with van der Waals surface area (Å²) < 4.78 is 3.13. The van der Waals surface area contributed by atoms with Gasteiger partial charge in [0.1, 0.15) is 22.7 Å². The Labute approximate surface area is 81.0 Å². The van der Waals surface area contributed by atoms with E-state index in [1.807, 2.05) is 11.7 Å². The van der Waals surface area contributed by atoms with Crippen LogP contribution in [0.15, 0.2) is 5.38 Å². The number of thiophene rings is 1. The van der Waals surface area contributed by atoms with Gasteiger partial charge in [0, 0.05) is 12.0 Å². The van der Waals surface area contributed by atoms with Crippen LogP contribution in [0.4, 0.5) is 0 Å². The third-order valence-electron chi connectivity index (χ3n) is 2.21. The Balaban J connectivity index is 2.85. The molecule has 2 rings (SSSR count). The highest BCUT2D eigenvalue weighted by Crippen LogP contribution is 2.24. The van der Waals surface area contributed by atoms with Gasteiger partial charge in [-0.1, -0.05) is 6.92 Å². The van der Waals surface area contributed by atoms with Crippen LogP contribution in [0, 0.1) is 6.92 Å². The van der Waals surface area contributed by atoms with Gasteiger partial charge in [-0.2, -0.15) is 0 Å². The maximum Gasteiger partial charge on any atom is 0.228 e. The molecule has 68 valence electrons. The molecule has 0 fully saturated rings. The first-order chi connectivity index (χ1) is 6.24. The van der Waals surface area contributed by atoms with Crippen molar-refractivity contribution in [3.63, 3.8) is 0 Å². The van der Waals surface area contributed by atoms with Gasteiger partial charge in [-0.25, -0.2) is 0 Å². The van der Waals surface area contributed by atoms with Crippen LogP contribution in [-0.2, 0) is 13.5 Å². The summed E-state index contributed by atoms with van der Waals surface area (Å²) in [6.07, 6.45) is 1.00. The molecule has 0 unspecified atom stereocenters. The van der Waals surface area contributed by atoms with E-state index in [1.165, 1.54) is 16.0 Å². The molecule has 4 heteroatoms. The molecule has 2 aromatic heterocycles. The van der Waals surface area contributed by atoms with Crippen molar-refractivity contribution in [3.8, 4) is 0 Å². The molecule has 0 atom stereocenters. The lowest BCUT2D eigenvalue weighted by Gasteiger charge is -1.95. The van der Waals surface area contributed by atoms with Crippen molar-refractivity contribution < 1.29 is 4.68 Å². The highest BCUT2D eigenvalue weighted by molar-refractivity contribution is 7.17. The van der Waals surface area contributed by atoms with Crippen molar-refractivity contribution in [2.45, 2.75) is 20.3 Å². The first-order valence-corrected chi connectivity index (χ1v) is 5.21. The summed E-state index contributed by atoms with van der Waals surface area (Å²) in [6.45, 7) is 4.22. The lowest BCUT2D eigenvalue weighted by atomic mass is 10.2. The smallest absolute Gasteiger partial charge is 0.136 e. The van der Waals surface area contributed by atoms with E-state index in [1.54, 1.807) is 11.3 Å². The van der Waals surface area contributed by atoms with E-state index < -0.39 is 0 Å². The molecule has 0 aromatic carbocycles. The van der Waals surface area contributed by atoms with Gasteiger partial charge in [-0.15, -0.1) is 16.0 Å². The number of hydrogen-bond acceptors (Lipinski definition) is 3. The summed E-state index contributed by atoms with van der Waals surface area (Å²) in [5.41, 5.74) is 3.55. The number of nitrogens with zero attached hydrogens (tertiary/aromatic N) is 3. The SMILES string of the molecule is CCc1c2scc(C)c2nn[n+]1C. The Morgan fingerprint density at radius 1 is 1.54 bits per heavy atom. The lowest BCUT2D eigenvalue weighted by molar-refractivity contribution is -0.741. The predicted molar refractivity (Wildman–Crippen MR) is 52.7 cm³/mol. The normalized spacial score (nSPS) is 11.0. The van der Waals surface area contributed by atoms with Gasteiger partial charge in [0.05, 0.1) is 5.10 Å². The molecule has 0 bridgehead atoms. The molecule has 0 saturated carbocycles. The summed E-state index contributed by atoms with van der Waals surface area (Å²) in [5.74, 6) is 0. The zero-order chi connectivity index (χ0) is 9.42. The second-order valence-corrected chi connectivity index (χ2v) is 3.99. The minimum atomic E-state index is 1.00. The van der Waals surface area contributed by atoms with Crippen LogP contribution in [0.1, 0.15) is 18.2 Å². The van der Waals surface area contributed by atoms with Gasteiger partial charge in [0.25, 0.3) is 0 Å². The topological polar surface area (TPSA) is 29.7 Å². The fourth-order valence-electron chi connectivity index (χ4n) is 1.47. The van der Waals surface area contributed by atoms with E-state index in [-0.39, 0.29) is 0 Å². The molecule has 0 N–H and O–H groups in total. The van der Waals surface area contributed by atoms with Crippen molar-refractivity contribution in [3.05, 3.63) is 16.6 Å². The molecule has 2 aromatic rings. The first kappa shape index (κ1) is 8.56. The van der Waals surface area contributed by atoms with E-state index in [2.05, 4.69) is 29.5 Å². The van der Waals surface area contributed by atoms with Crippen LogP contribution in [0.3, 0.4) is 0 Å². The summed E-state index contributed by atoms with van der Waals surface area (Å²) in [4.78, 5) is 0. The van der Waals surface area contributed by atoms with Crippen molar-refractivity contribution >= 4 is 21.6 Å². The number of aryl methyl sites for hydroxylation is 3. The predicted octanol–water partition coefficient (Wildman–Crippen LogP) is 1.39. The summed E-state index contributed by atoms with van der Waals surface area (Å²) in [6, 6.07) is 0. The molecule has 0 aliphatic rings. The van der Waals surface area contributed by atoms with E-state index in [0.717, 1.165) is 11.9 Å². The van der Waals surface area contributed by atoms with Crippen LogP contribution in [0.25, 0.3) is 10.2 Å². The minimum absolute atomic E-state index is 1.00. The van der Waals surface area contributed by atoms with Gasteiger partial charge in [-0.05, 0) is 12.3 Å². The molecular formula is C9H12N3S+. The van der Waals surface area contributed by atoms with Crippen LogP contribution >= 0.6 is 11.3 Å². The summed E-state index contributed by atoms with van der Waals surface area (Å²) in [5, 5.41) is 10.4. The summed E-state index contributed by atoms with van der Waals surface area (Å²) >= 11 is 1.76. The number of rotatable bonds is 1. The van der Waals surface area contributed by atoms with Crippen LogP contribution in [0.5, 0.6) is 0 Å². The zero-order valence-corrected chi connectivity index (χ0v) is 8.85. The lowest BCUT2D eigenvalue weighted by Crippen LogP contribution is -2.38. The molecule has 0 spiro atoms. The monoisotopic (exact) mass is 194 g/mol. The maximum atomic E-state index is 4.17. The fraction of sp³-hybridized carbons (Fsp3) is 0.444. The first-order valence-electron chi connectivity index (χ1n) is 4.33. The molecule has 0 aliphatic carbocycles. The van der Waals surface area contributed by atoms with Gasteiger partial charge >= 0.3 is 0 Å². The largest absolute Gasteiger partial charge is 0.228 e. The van der Waals surface area contributed by atoms with Gasteiger partial charge in [0.15, 0.2) is 0 Å². The standard InChI is InChI=1S/C9H12N3S/c1-4-7-9-8(6(2)5-13-9)10-11-12(7)3/h5H,4H2,1-3H3/q+1. The van der Waals surface area contributed by atoms with Crippen LogP contribution in [0.2, 0.25) is 0 Å². The quantitative estimate of drug-likeness (QED) is 0.642. The number of aromatic nitrogens is 3. The highest BCUT2D eigenvalue weighted by Gasteiger charge is 2.15. The van der Waals surface area contributed by atoms with Crippen LogP contribution in [-0.4, -0.2) is 10.3 Å². The van der Waals surface area contributed by atoms with E-state index in [0.29, 0.717) is 0 Å². The van der Waals surface area contributed by atoms with Crippen molar-refractivity contribution in [1.29, 1.82) is 0 Å². The average molecular weight is 194 g/mol. The van der Waals surface area contributed by atoms with Crippen molar-refractivity contribution in [1.82, 2.24) is 10.3 Å². The zero-order valence-electron chi connectivity index (χ0n) is 8.03. The second-order valence-electron chi connectivity index (χ2n) is 3.11. The summed E-state index contributed by atoms with van der Waals surface area (Å²) in [7, 11) is 1.94. The van der Waals surface area contributed by atoms with Crippen LogP contribution < -0.4 is 4.68 Å². The molecule has 2 heterocycles. The minimum Gasteiger partial charge on any atom is -0.136 e. The molecule has 0 radical (unpaired) electrons.